The van der Waals surface area contributed by atoms with Gasteiger partial charge in [-0.1, -0.05) is 164 Å². The Hall–Kier alpha value is -6.97. The topological polar surface area (TPSA) is 38.7 Å². The fraction of sp³-hybridized carbons (Fsp3) is 0.0392. The van der Waals surface area contributed by atoms with E-state index in [1.54, 1.807) is 6.20 Å². The molecule has 10 rings (SSSR count). The third-order valence-corrected chi connectivity index (χ3v) is 11.1. The predicted molar refractivity (Wildman–Crippen MR) is 222 cm³/mol. The molecule has 3 nitrogen and oxygen atoms in total. The lowest BCUT2D eigenvalue weighted by molar-refractivity contribution is 0.714. The molecule has 0 bridgehead atoms. The molecule has 1 aliphatic rings. The molecule has 7 aromatic carbocycles. The summed E-state index contributed by atoms with van der Waals surface area (Å²) < 4.78 is 0. The number of hydrogen-bond donors (Lipinski definition) is 0. The van der Waals surface area contributed by atoms with E-state index in [4.69, 9.17) is 9.97 Å². The normalized spacial score (nSPS) is 14.5. The van der Waals surface area contributed by atoms with Crippen LogP contribution in [0.4, 0.5) is 0 Å². The van der Waals surface area contributed by atoms with E-state index in [2.05, 4.69) is 170 Å². The largest absolute Gasteiger partial charge is 0.264 e. The van der Waals surface area contributed by atoms with Crippen molar-refractivity contribution < 1.29 is 0 Å². The fourth-order valence-electron chi connectivity index (χ4n) is 8.33. The number of hydrogen-bond acceptors (Lipinski definition) is 3. The van der Waals surface area contributed by atoms with Crippen LogP contribution in [-0.4, -0.2) is 15.0 Å². The minimum Gasteiger partial charge on any atom is -0.264 e. The van der Waals surface area contributed by atoms with Crippen LogP contribution in [0.3, 0.4) is 0 Å². The average molecular weight is 690 g/mol. The second-order valence-electron chi connectivity index (χ2n) is 14.2. The lowest BCUT2D eigenvalue weighted by Crippen LogP contribution is -2.22. The summed E-state index contributed by atoms with van der Waals surface area (Å²) in [4.78, 5) is 14.6. The molecule has 0 fully saturated rings. The highest BCUT2D eigenvalue weighted by Gasteiger charge is 2.40. The van der Waals surface area contributed by atoms with Crippen molar-refractivity contribution in [2.24, 2.45) is 0 Å². The maximum Gasteiger partial charge on any atom is 0.160 e. The van der Waals surface area contributed by atoms with Crippen LogP contribution in [0, 0.1) is 0 Å². The second kappa shape index (κ2) is 12.9. The quantitative estimate of drug-likeness (QED) is 0.174. The maximum atomic E-state index is 5.22. The lowest BCUT2D eigenvalue weighted by Gasteiger charge is -2.28. The fourth-order valence-corrected chi connectivity index (χ4v) is 8.33. The number of fused-ring (bicyclic) bond motifs is 4. The summed E-state index contributed by atoms with van der Waals surface area (Å²) in [7, 11) is 0. The first-order chi connectivity index (χ1) is 26.6. The van der Waals surface area contributed by atoms with Gasteiger partial charge in [-0.05, 0) is 86.0 Å². The van der Waals surface area contributed by atoms with Gasteiger partial charge in [0.1, 0.15) is 0 Å². The number of rotatable bonds is 6. The summed E-state index contributed by atoms with van der Waals surface area (Å²) in [5.41, 5.74) is 15.8. The first-order valence-electron chi connectivity index (χ1n) is 18.4. The van der Waals surface area contributed by atoms with Gasteiger partial charge in [0.25, 0.3) is 0 Å². The van der Waals surface area contributed by atoms with E-state index in [-0.39, 0.29) is 5.41 Å². The van der Waals surface area contributed by atoms with Crippen molar-refractivity contribution in [1.29, 1.82) is 0 Å². The van der Waals surface area contributed by atoms with Crippen molar-refractivity contribution in [2.75, 3.05) is 0 Å². The van der Waals surface area contributed by atoms with E-state index < -0.39 is 0 Å². The van der Waals surface area contributed by atoms with Crippen molar-refractivity contribution >= 4 is 10.8 Å². The molecule has 254 valence electrons. The molecule has 1 aliphatic carbocycles. The predicted octanol–water partition coefficient (Wildman–Crippen LogP) is 12.7. The molecule has 9 aromatic rings. The molecule has 0 amide bonds. The van der Waals surface area contributed by atoms with Crippen LogP contribution >= 0.6 is 0 Å². The lowest BCUT2D eigenvalue weighted by atomic mass is 9.74. The van der Waals surface area contributed by atoms with Gasteiger partial charge in [-0.3, -0.25) is 4.98 Å². The molecule has 0 saturated heterocycles. The van der Waals surface area contributed by atoms with E-state index in [0.717, 1.165) is 44.6 Å². The molecule has 2 heterocycles. The van der Waals surface area contributed by atoms with Crippen LogP contribution in [-0.2, 0) is 5.41 Å². The molecule has 0 aliphatic heterocycles. The maximum absolute atomic E-state index is 5.22. The Labute approximate surface area is 315 Å². The van der Waals surface area contributed by atoms with E-state index in [1.807, 2.05) is 30.5 Å². The minimum absolute atomic E-state index is 0.264. The smallest absolute Gasteiger partial charge is 0.160 e. The third kappa shape index (κ3) is 5.24. The van der Waals surface area contributed by atoms with Gasteiger partial charge in [-0.15, -0.1) is 0 Å². The van der Waals surface area contributed by atoms with Crippen molar-refractivity contribution in [3.8, 4) is 67.3 Å². The molecule has 0 N–H and O–H groups in total. The van der Waals surface area contributed by atoms with Gasteiger partial charge in [-0.25, -0.2) is 9.97 Å². The van der Waals surface area contributed by atoms with Gasteiger partial charge in [0.05, 0.1) is 11.4 Å². The standard InChI is InChI=1S/C51H35N3/c1-51(39-16-6-3-7-17-39)46-21-11-10-20-43(46)44-27-26-37(31-47(44)51)40-28-29-45(42-19-9-8-18-41(40)42)49-32-48(53-50(54-49)36-13-4-2-5-14-36)35-24-22-34(23-25-35)38-15-12-30-52-33-38/h2-33H,1H3. The van der Waals surface area contributed by atoms with Crippen molar-refractivity contribution in [2.45, 2.75) is 12.3 Å². The van der Waals surface area contributed by atoms with Crippen LogP contribution in [0.5, 0.6) is 0 Å². The number of pyridine rings is 1. The summed E-state index contributed by atoms with van der Waals surface area (Å²) >= 11 is 0. The van der Waals surface area contributed by atoms with Crippen LogP contribution in [0.25, 0.3) is 78.1 Å². The van der Waals surface area contributed by atoms with Gasteiger partial charge in [0.2, 0.25) is 0 Å². The summed E-state index contributed by atoms with van der Waals surface area (Å²) in [5.74, 6) is 0.700. The Morgan fingerprint density at radius 2 is 0.981 bits per heavy atom. The van der Waals surface area contributed by atoms with E-state index in [1.165, 1.54) is 44.3 Å². The van der Waals surface area contributed by atoms with Gasteiger partial charge in [0, 0.05) is 34.5 Å². The number of aromatic nitrogens is 3. The molecule has 54 heavy (non-hydrogen) atoms. The second-order valence-corrected chi connectivity index (χ2v) is 14.2. The third-order valence-electron chi connectivity index (χ3n) is 11.1. The molecular weight excluding hydrogens is 655 g/mol. The summed E-state index contributed by atoms with van der Waals surface area (Å²) in [6, 6.07) is 65.0. The Morgan fingerprint density at radius 1 is 0.389 bits per heavy atom. The van der Waals surface area contributed by atoms with Crippen molar-refractivity contribution in [1.82, 2.24) is 15.0 Å². The molecular formula is C51H35N3. The summed E-state index contributed by atoms with van der Waals surface area (Å²) in [5, 5.41) is 2.34. The van der Waals surface area contributed by atoms with Gasteiger partial charge in [-0.2, -0.15) is 0 Å². The molecule has 0 saturated carbocycles. The average Bonchev–Trinajstić information content (AvgIpc) is 3.52. The van der Waals surface area contributed by atoms with E-state index >= 15 is 0 Å². The zero-order valence-corrected chi connectivity index (χ0v) is 29.8. The van der Waals surface area contributed by atoms with Gasteiger partial charge < -0.3 is 0 Å². The van der Waals surface area contributed by atoms with Crippen LogP contribution in [0.15, 0.2) is 194 Å². The highest BCUT2D eigenvalue weighted by molar-refractivity contribution is 6.05. The SMILES string of the molecule is CC1(c2ccccc2)c2ccccc2-c2ccc(-c3ccc(-c4cc(-c5ccc(-c6cccnc6)cc5)nc(-c5ccccc5)n4)c4ccccc34)cc21. The Kier molecular flexibility index (Phi) is 7.59. The van der Waals surface area contributed by atoms with Gasteiger partial charge in [0.15, 0.2) is 5.82 Å². The number of benzene rings is 7. The highest BCUT2D eigenvalue weighted by atomic mass is 14.9. The Bertz CT molecular complexity index is 2810. The molecule has 2 aromatic heterocycles. The first kappa shape index (κ1) is 31.7. The summed E-state index contributed by atoms with van der Waals surface area (Å²) in [6.07, 6.45) is 3.69. The molecule has 1 unspecified atom stereocenters. The van der Waals surface area contributed by atoms with Crippen LogP contribution in [0.1, 0.15) is 23.6 Å². The molecule has 3 heteroatoms. The molecule has 0 radical (unpaired) electrons. The van der Waals surface area contributed by atoms with Crippen molar-refractivity contribution in [3.63, 3.8) is 0 Å². The highest BCUT2D eigenvalue weighted by Crippen LogP contribution is 2.53. The molecule has 0 spiro atoms. The zero-order chi connectivity index (χ0) is 36.1. The monoisotopic (exact) mass is 689 g/mol. The Morgan fingerprint density at radius 3 is 1.76 bits per heavy atom. The van der Waals surface area contributed by atoms with E-state index in [0.29, 0.717) is 5.82 Å². The number of nitrogens with zero attached hydrogens (tertiary/aromatic N) is 3. The zero-order valence-electron chi connectivity index (χ0n) is 29.8. The summed E-state index contributed by atoms with van der Waals surface area (Å²) in [6.45, 7) is 2.38. The van der Waals surface area contributed by atoms with Crippen molar-refractivity contribution in [3.05, 3.63) is 211 Å². The van der Waals surface area contributed by atoms with Gasteiger partial charge >= 0.3 is 0 Å². The van der Waals surface area contributed by atoms with Crippen LogP contribution < -0.4 is 0 Å². The minimum atomic E-state index is -0.264. The van der Waals surface area contributed by atoms with E-state index in [9.17, 15) is 0 Å². The first-order valence-corrected chi connectivity index (χ1v) is 18.4. The Balaban J connectivity index is 1.11. The van der Waals surface area contributed by atoms with Crippen LogP contribution in [0.2, 0.25) is 0 Å². The molecule has 1 atom stereocenters.